The Kier molecular flexibility index (Phi) is 1.24. The third-order valence-corrected chi connectivity index (χ3v) is 1.38. The van der Waals surface area contributed by atoms with Gasteiger partial charge in [-0.1, -0.05) is 0 Å². The summed E-state index contributed by atoms with van der Waals surface area (Å²) in [7, 11) is 0. The minimum atomic E-state index is -0.345. The van der Waals surface area contributed by atoms with Gasteiger partial charge in [0.2, 0.25) is 0 Å². The second-order valence-electron chi connectivity index (χ2n) is 2.27. The number of hydrogen-bond donors (Lipinski definition) is 0. The highest BCUT2D eigenvalue weighted by atomic mass is 16.1. The summed E-state index contributed by atoms with van der Waals surface area (Å²) in [6.45, 7) is 3.03. The quantitative estimate of drug-likeness (QED) is 0.467. The highest BCUT2D eigenvalue weighted by Crippen LogP contribution is 2.09. The molecule has 1 rings (SSSR count). The Bertz CT molecular complexity index is 297. The Balaban J connectivity index is 3.19. The molecule has 0 atom stereocenters. The van der Waals surface area contributed by atoms with Crippen molar-refractivity contribution in [2.45, 2.75) is 13.8 Å². The summed E-state index contributed by atoms with van der Waals surface area (Å²) in [6, 6.07) is -0.171. The van der Waals surface area contributed by atoms with Gasteiger partial charge >= 0.3 is 0 Å². The molecule has 0 radical (unpaired) electrons. The van der Waals surface area contributed by atoms with Gasteiger partial charge in [0.05, 0.1) is 1.37 Å². The maximum Gasteiger partial charge on any atom is 0.182 e. The average molecular weight is 137 g/mol. The fraction of sp³-hybridized carbons (Fsp3) is 0.250. The van der Waals surface area contributed by atoms with Crippen LogP contribution in [0.5, 0.6) is 0 Å². The van der Waals surface area contributed by atoms with Gasteiger partial charge in [0.15, 0.2) is 11.6 Å². The Morgan fingerprint density at radius 1 is 1.20 bits per heavy atom. The molecule has 1 aliphatic rings. The zero-order valence-electron chi connectivity index (χ0n) is 6.89. The van der Waals surface area contributed by atoms with Crippen molar-refractivity contribution in [3.8, 4) is 0 Å². The third-order valence-electron chi connectivity index (χ3n) is 1.38. The van der Waals surface area contributed by atoms with Crippen LogP contribution in [0.2, 0.25) is 0 Å². The molecule has 0 unspecified atom stereocenters. The monoisotopic (exact) mass is 137 g/mol. The Hall–Kier alpha value is -1.18. The lowest BCUT2D eigenvalue weighted by Crippen LogP contribution is -2.08. The van der Waals surface area contributed by atoms with Crippen LogP contribution in [0.1, 0.15) is 15.2 Å². The molecule has 0 amide bonds. The van der Waals surface area contributed by atoms with E-state index in [4.69, 9.17) is 1.37 Å². The van der Waals surface area contributed by atoms with E-state index < -0.39 is 0 Å². The van der Waals surface area contributed by atoms with E-state index in [0.717, 1.165) is 0 Å². The van der Waals surface area contributed by atoms with Crippen LogP contribution in [-0.4, -0.2) is 11.6 Å². The van der Waals surface area contributed by atoms with Gasteiger partial charge in [0.25, 0.3) is 0 Å². The van der Waals surface area contributed by atoms with Gasteiger partial charge in [-0.05, 0) is 26.0 Å². The van der Waals surface area contributed by atoms with E-state index >= 15 is 0 Å². The molecule has 0 aromatic carbocycles. The van der Waals surface area contributed by atoms with Gasteiger partial charge in [0, 0.05) is 11.1 Å². The van der Waals surface area contributed by atoms with Crippen molar-refractivity contribution in [3.05, 3.63) is 23.3 Å². The molecular formula is C8H8O2. The topological polar surface area (TPSA) is 34.1 Å². The summed E-state index contributed by atoms with van der Waals surface area (Å²) >= 11 is 0. The van der Waals surface area contributed by atoms with E-state index in [2.05, 4.69) is 0 Å². The molecule has 0 bridgehead atoms. The molecule has 2 nitrogen and oxygen atoms in total. The van der Waals surface area contributed by atoms with Crippen LogP contribution in [0.25, 0.3) is 0 Å². The number of ketones is 2. The zero-order chi connectivity index (χ0) is 8.59. The maximum atomic E-state index is 11.0. The van der Waals surface area contributed by atoms with Gasteiger partial charge in [0.1, 0.15) is 0 Å². The summed E-state index contributed by atoms with van der Waals surface area (Å²) < 4.78 is 7.21. The van der Waals surface area contributed by atoms with E-state index in [-0.39, 0.29) is 23.2 Å². The smallest absolute Gasteiger partial charge is 0.182 e. The standard InChI is InChI=1S/C8H8O2/c1-5-3-8(10)6(2)4-7(5)9/h3-4H,1-2H3/i3D. The lowest BCUT2D eigenvalue weighted by molar-refractivity contribution is -0.115. The van der Waals surface area contributed by atoms with Gasteiger partial charge in [-0.2, -0.15) is 0 Å². The van der Waals surface area contributed by atoms with Crippen molar-refractivity contribution in [2.24, 2.45) is 0 Å². The minimum absolute atomic E-state index is 0.171. The number of carbonyl (C=O) groups excluding carboxylic acids is 2. The molecule has 52 valence electrons. The molecule has 0 aromatic heterocycles. The molecule has 0 fully saturated rings. The van der Waals surface area contributed by atoms with Gasteiger partial charge in [-0.15, -0.1) is 0 Å². The minimum Gasteiger partial charge on any atom is -0.290 e. The van der Waals surface area contributed by atoms with Crippen LogP contribution in [0.3, 0.4) is 0 Å². The first-order valence-corrected chi connectivity index (χ1v) is 2.99. The first-order chi connectivity index (χ1) is 5.04. The molecule has 1 aliphatic carbocycles. The maximum absolute atomic E-state index is 11.0. The van der Waals surface area contributed by atoms with E-state index in [9.17, 15) is 9.59 Å². The summed E-state index contributed by atoms with van der Waals surface area (Å²) in [5.74, 6) is -0.575. The summed E-state index contributed by atoms with van der Waals surface area (Å²) in [5.41, 5.74) is 0.589. The van der Waals surface area contributed by atoms with E-state index in [1.54, 1.807) is 6.92 Å². The SMILES string of the molecule is [2H]C1=C(C)C(=O)C=C(C)C1=O. The lowest BCUT2D eigenvalue weighted by atomic mass is 10.00. The van der Waals surface area contributed by atoms with Crippen molar-refractivity contribution in [3.63, 3.8) is 0 Å². The Labute approximate surface area is 60.6 Å². The molecule has 0 heterocycles. The van der Waals surface area contributed by atoms with Crippen LogP contribution < -0.4 is 0 Å². The molecule has 0 aliphatic heterocycles. The van der Waals surface area contributed by atoms with Crippen LogP contribution in [0, 0.1) is 0 Å². The fourth-order valence-electron chi connectivity index (χ4n) is 0.701. The molecule has 0 saturated carbocycles. The van der Waals surface area contributed by atoms with Crippen LogP contribution in [0.15, 0.2) is 23.3 Å². The van der Waals surface area contributed by atoms with Crippen LogP contribution >= 0.6 is 0 Å². The second-order valence-corrected chi connectivity index (χ2v) is 2.27. The number of allylic oxidation sites excluding steroid dienone is 4. The number of carbonyl (C=O) groups is 2. The van der Waals surface area contributed by atoms with Crippen molar-refractivity contribution < 1.29 is 11.0 Å². The second kappa shape index (κ2) is 2.21. The molecule has 0 saturated heterocycles. The molecule has 0 N–H and O–H groups in total. The van der Waals surface area contributed by atoms with Gasteiger partial charge in [-0.3, -0.25) is 9.59 Å². The zero-order valence-corrected chi connectivity index (χ0v) is 5.89. The lowest BCUT2D eigenvalue weighted by Gasteiger charge is -2.03. The normalized spacial score (nSPS) is 21.0. The fourth-order valence-corrected chi connectivity index (χ4v) is 0.701. The summed E-state index contributed by atoms with van der Waals surface area (Å²) in [5, 5.41) is 0. The molecule has 10 heavy (non-hydrogen) atoms. The predicted molar refractivity (Wildman–Crippen MR) is 37.5 cm³/mol. The number of rotatable bonds is 0. The molecular weight excluding hydrogens is 128 g/mol. The Morgan fingerprint density at radius 2 is 1.80 bits per heavy atom. The first-order valence-electron chi connectivity index (χ1n) is 3.49. The molecule has 2 heteroatoms. The van der Waals surface area contributed by atoms with Crippen molar-refractivity contribution >= 4 is 11.6 Å². The average Bonchev–Trinajstić information content (AvgIpc) is 1.97. The predicted octanol–water partition coefficient (Wildman–Crippen LogP) is 1.03. The van der Waals surface area contributed by atoms with Crippen LogP contribution in [0.4, 0.5) is 0 Å². The van der Waals surface area contributed by atoms with Gasteiger partial charge in [-0.25, -0.2) is 0 Å². The van der Waals surface area contributed by atoms with Gasteiger partial charge < -0.3 is 0 Å². The first kappa shape index (κ1) is 5.59. The number of hydrogen-bond acceptors (Lipinski definition) is 2. The third kappa shape index (κ3) is 1.05. The summed E-state index contributed by atoms with van der Waals surface area (Å²) in [4.78, 5) is 22.0. The van der Waals surface area contributed by atoms with Crippen molar-refractivity contribution in [1.29, 1.82) is 0 Å². The molecule has 0 spiro atoms. The molecule has 0 aromatic rings. The Morgan fingerprint density at radius 3 is 2.40 bits per heavy atom. The van der Waals surface area contributed by atoms with E-state index in [1.807, 2.05) is 0 Å². The van der Waals surface area contributed by atoms with E-state index in [0.29, 0.717) is 5.57 Å². The summed E-state index contributed by atoms with van der Waals surface area (Å²) in [6.07, 6.45) is 1.27. The van der Waals surface area contributed by atoms with Crippen molar-refractivity contribution in [1.82, 2.24) is 0 Å². The largest absolute Gasteiger partial charge is 0.290 e. The van der Waals surface area contributed by atoms with Crippen molar-refractivity contribution in [2.75, 3.05) is 0 Å². The highest BCUT2D eigenvalue weighted by Gasteiger charge is 2.12. The van der Waals surface area contributed by atoms with Crippen LogP contribution in [-0.2, 0) is 9.59 Å². The highest BCUT2D eigenvalue weighted by molar-refractivity contribution is 6.19. The van der Waals surface area contributed by atoms with E-state index in [1.165, 1.54) is 13.0 Å².